The molecule has 1 N–H and O–H groups in total. The molecular weight excluding hydrogens is 202 g/mol. The second-order valence-electron chi connectivity index (χ2n) is 4.07. The van der Waals surface area contributed by atoms with Gasteiger partial charge in [0.2, 0.25) is 11.9 Å². The van der Waals surface area contributed by atoms with Crippen LogP contribution in [0.3, 0.4) is 0 Å². The average molecular weight is 219 g/mol. The van der Waals surface area contributed by atoms with E-state index in [2.05, 4.69) is 21.9 Å². The second-order valence-corrected chi connectivity index (χ2v) is 4.07. The normalized spacial score (nSPS) is 11.9. The lowest BCUT2D eigenvalue weighted by Gasteiger charge is -2.10. The zero-order valence-corrected chi connectivity index (χ0v) is 9.95. The van der Waals surface area contributed by atoms with Crippen LogP contribution in [-0.2, 0) is 4.79 Å². The Hall–Kier alpha value is -1.71. The zero-order chi connectivity index (χ0) is 12.1. The molecule has 0 spiro atoms. The number of amides is 1. The average Bonchev–Trinajstić information content (AvgIpc) is 2.16. The highest BCUT2D eigenvalue weighted by Gasteiger charge is 2.13. The summed E-state index contributed by atoms with van der Waals surface area (Å²) in [5.74, 6) is 0.175. The van der Waals surface area contributed by atoms with Crippen molar-refractivity contribution in [2.75, 3.05) is 5.32 Å². The van der Waals surface area contributed by atoms with Gasteiger partial charge in [0.1, 0.15) is 0 Å². The smallest absolute Gasteiger partial charge is 0.229 e. The lowest BCUT2D eigenvalue weighted by atomic mass is 10.0. The van der Waals surface area contributed by atoms with E-state index in [9.17, 15) is 4.79 Å². The van der Waals surface area contributed by atoms with Crippen molar-refractivity contribution in [3.8, 4) is 0 Å². The molecule has 0 bridgehead atoms. The van der Waals surface area contributed by atoms with Crippen molar-refractivity contribution < 1.29 is 4.79 Å². The molecule has 0 fully saturated rings. The first-order valence-electron chi connectivity index (χ1n) is 5.24. The minimum Gasteiger partial charge on any atom is -0.294 e. The molecule has 1 aromatic heterocycles. The number of aromatic nitrogens is 2. The Kier molecular flexibility index (Phi) is 4.17. The quantitative estimate of drug-likeness (QED) is 0.791. The van der Waals surface area contributed by atoms with Crippen LogP contribution in [0.25, 0.3) is 0 Å². The van der Waals surface area contributed by atoms with E-state index in [0.717, 1.165) is 11.3 Å². The van der Waals surface area contributed by atoms with Gasteiger partial charge in [0, 0.05) is 17.8 Å². The summed E-state index contributed by atoms with van der Waals surface area (Å²) in [5.41, 5.74) is 1.82. The fourth-order valence-corrected chi connectivity index (χ4v) is 1.36. The molecule has 0 aliphatic carbocycles. The summed E-state index contributed by atoms with van der Waals surface area (Å²) in [6, 6.07) is 1.78. The van der Waals surface area contributed by atoms with Crippen molar-refractivity contribution in [1.29, 1.82) is 0 Å². The Morgan fingerprint density at radius 1 is 1.62 bits per heavy atom. The molecule has 0 aliphatic heterocycles. The van der Waals surface area contributed by atoms with Crippen molar-refractivity contribution in [3.05, 3.63) is 30.1 Å². The number of anilines is 1. The highest BCUT2D eigenvalue weighted by molar-refractivity contribution is 5.90. The van der Waals surface area contributed by atoms with Gasteiger partial charge >= 0.3 is 0 Å². The van der Waals surface area contributed by atoms with Crippen LogP contribution in [0.15, 0.2) is 24.4 Å². The molecule has 86 valence electrons. The van der Waals surface area contributed by atoms with Crippen LogP contribution < -0.4 is 5.32 Å². The van der Waals surface area contributed by atoms with Crippen LogP contribution in [-0.4, -0.2) is 15.9 Å². The van der Waals surface area contributed by atoms with Gasteiger partial charge in [-0.25, -0.2) is 9.97 Å². The van der Waals surface area contributed by atoms with Gasteiger partial charge in [-0.3, -0.25) is 10.1 Å². The van der Waals surface area contributed by atoms with Crippen LogP contribution in [0.5, 0.6) is 0 Å². The van der Waals surface area contributed by atoms with Crippen LogP contribution in [0.2, 0.25) is 0 Å². The Morgan fingerprint density at radius 2 is 2.31 bits per heavy atom. The maximum Gasteiger partial charge on any atom is 0.229 e. The van der Waals surface area contributed by atoms with Crippen LogP contribution in [0, 0.1) is 12.8 Å². The van der Waals surface area contributed by atoms with Crippen molar-refractivity contribution in [2.45, 2.75) is 27.2 Å². The predicted molar refractivity (Wildman–Crippen MR) is 64.0 cm³/mol. The summed E-state index contributed by atoms with van der Waals surface area (Å²) in [7, 11) is 0. The standard InChI is InChI=1S/C12H17N3O/c1-8(2)7-9(3)11(16)15-12-13-6-5-10(4)14-12/h5-6,9H,1,7H2,2-4H3,(H,13,14,15,16). The number of nitrogens with zero attached hydrogens (tertiary/aromatic N) is 2. The van der Waals surface area contributed by atoms with Gasteiger partial charge in [-0.2, -0.15) is 0 Å². The molecule has 0 aromatic carbocycles. The highest BCUT2D eigenvalue weighted by atomic mass is 16.2. The van der Waals surface area contributed by atoms with Crippen LogP contribution >= 0.6 is 0 Å². The summed E-state index contributed by atoms with van der Waals surface area (Å²) >= 11 is 0. The van der Waals surface area contributed by atoms with E-state index in [-0.39, 0.29) is 11.8 Å². The van der Waals surface area contributed by atoms with E-state index < -0.39 is 0 Å². The molecule has 0 radical (unpaired) electrons. The molecular formula is C12H17N3O. The number of carbonyl (C=O) groups is 1. The number of nitrogens with one attached hydrogen (secondary N) is 1. The SMILES string of the molecule is C=C(C)CC(C)C(=O)Nc1nccc(C)n1. The van der Waals surface area contributed by atoms with Gasteiger partial charge in [-0.15, -0.1) is 6.58 Å². The van der Waals surface area contributed by atoms with Gasteiger partial charge in [-0.05, 0) is 26.3 Å². The molecule has 1 amide bonds. The summed E-state index contributed by atoms with van der Waals surface area (Å²) in [6.07, 6.45) is 2.30. The molecule has 1 aromatic rings. The number of hydrogen-bond acceptors (Lipinski definition) is 3. The third kappa shape index (κ3) is 3.81. The van der Waals surface area contributed by atoms with Crippen molar-refractivity contribution in [2.24, 2.45) is 5.92 Å². The lowest BCUT2D eigenvalue weighted by Crippen LogP contribution is -2.21. The van der Waals surface area contributed by atoms with Gasteiger partial charge in [-0.1, -0.05) is 12.5 Å². The van der Waals surface area contributed by atoms with Gasteiger partial charge < -0.3 is 0 Å². The first-order chi connectivity index (χ1) is 7.49. The molecule has 0 saturated carbocycles. The van der Waals surface area contributed by atoms with Crippen molar-refractivity contribution in [1.82, 2.24) is 9.97 Å². The summed E-state index contributed by atoms with van der Waals surface area (Å²) in [5, 5.41) is 2.69. The molecule has 1 unspecified atom stereocenters. The van der Waals surface area contributed by atoms with E-state index in [1.54, 1.807) is 12.3 Å². The summed E-state index contributed by atoms with van der Waals surface area (Å²) in [6.45, 7) is 9.41. The molecule has 4 heteroatoms. The zero-order valence-electron chi connectivity index (χ0n) is 9.95. The molecule has 1 heterocycles. The van der Waals surface area contributed by atoms with Gasteiger partial charge in [0.25, 0.3) is 0 Å². The Balaban J connectivity index is 2.60. The summed E-state index contributed by atoms with van der Waals surface area (Å²) in [4.78, 5) is 19.8. The highest BCUT2D eigenvalue weighted by Crippen LogP contribution is 2.11. The molecule has 1 rings (SSSR count). The topological polar surface area (TPSA) is 54.9 Å². The third-order valence-electron chi connectivity index (χ3n) is 2.13. The van der Waals surface area contributed by atoms with Crippen molar-refractivity contribution >= 4 is 11.9 Å². The lowest BCUT2D eigenvalue weighted by molar-refractivity contribution is -0.119. The largest absolute Gasteiger partial charge is 0.294 e. The molecule has 1 atom stereocenters. The number of rotatable bonds is 4. The van der Waals surface area contributed by atoms with E-state index in [1.165, 1.54) is 0 Å². The minimum absolute atomic E-state index is 0.0754. The van der Waals surface area contributed by atoms with E-state index in [4.69, 9.17) is 0 Å². The first-order valence-corrected chi connectivity index (χ1v) is 5.24. The second kappa shape index (κ2) is 5.39. The first kappa shape index (κ1) is 12.4. The molecule has 4 nitrogen and oxygen atoms in total. The predicted octanol–water partition coefficient (Wildman–Crippen LogP) is 2.33. The number of hydrogen-bond donors (Lipinski definition) is 1. The van der Waals surface area contributed by atoms with Gasteiger partial charge in [0.15, 0.2) is 0 Å². The maximum atomic E-state index is 11.7. The molecule has 0 aliphatic rings. The Morgan fingerprint density at radius 3 is 2.88 bits per heavy atom. The monoisotopic (exact) mass is 219 g/mol. The van der Waals surface area contributed by atoms with E-state index >= 15 is 0 Å². The number of allylic oxidation sites excluding steroid dienone is 1. The van der Waals surface area contributed by atoms with Crippen molar-refractivity contribution in [3.63, 3.8) is 0 Å². The molecule has 16 heavy (non-hydrogen) atoms. The van der Waals surface area contributed by atoms with E-state index in [0.29, 0.717) is 12.4 Å². The third-order valence-corrected chi connectivity index (χ3v) is 2.13. The van der Waals surface area contributed by atoms with Crippen LogP contribution in [0.4, 0.5) is 5.95 Å². The van der Waals surface area contributed by atoms with E-state index in [1.807, 2.05) is 20.8 Å². The van der Waals surface area contributed by atoms with Gasteiger partial charge in [0.05, 0.1) is 0 Å². The summed E-state index contributed by atoms with van der Waals surface area (Å²) < 4.78 is 0. The van der Waals surface area contributed by atoms with Crippen LogP contribution in [0.1, 0.15) is 26.0 Å². The maximum absolute atomic E-state index is 11.7. The fourth-order valence-electron chi connectivity index (χ4n) is 1.36. The number of carbonyl (C=O) groups excluding carboxylic acids is 1. The fraction of sp³-hybridized carbons (Fsp3) is 0.417. The minimum atomic E-state index is -0.110. The Labute approximate surface area is 95.8 Å². The molecule has 0 saturated heterocycles. The number of aryl methyl sites for hydroxylation is 1. The Bertz CT molecular complexity index is 401.